The first kappa shape index (κ1) is 26.3. The van der Waals surface area contributed by atoms with Gasteiger partial charge in [0.25, 0.3) is 0 Å². The van der Waals surface area contributed by atoms with E-state index >= 15 is 0 Å². The Kier molecular flexibility index (Phi) is 7.86. The van der Waals surface area contributed by atoms with E-state index in [2.05, 4.69) is 25.5 Å². The van der Waals surface area contributed by atoms with Crippen molar-refractivity contribution in [2.75, 3.05) is 7.11 Å². The highest BCUT2D eigenvalue weighted by atomic mass is 16.7. The van der Waals surface area contributed by atoms with E-state index in [9.17, 15) is 9.59 Å². The molecule has 1 fully saturated rings. The van der Waals surface area contributed by atoms with Crippen molar-refractivity contribution >= 4 is 12.3 Å². The Hall–Kier alpha value is -3.80. The van der Waals surface area contributed by atoms with E-state index in [1.54, 1.807) is 24.3 Å². The molecule has 37 heavy (non-hydrogen) atoms. The van der Waals surface area contributed by atoms with E-state index < -0.39 is 12.3 Å². The Bertz CT molecular complexity index is 1200. The summed E-state index contributed by atoms with van der Waals surface area (Å²) in [6, 6.07) is 22.7. The topological polar surface area (TPSA) is 71.1 Å². The van der Waals surface area contributed by atoms with Gasteiger partial charge in [-0.05, 0) is 71.3 Å². The summed E-state index contributed by atoms with van der Waals surface area (Å²) in [6.07, 6.45) is 3.96. The monoisotopic (exact) mass is 502 g/mol. The smallest absolute Gasteiger partial charge is 0.437 e. The molecular weight excluding hydrogens is 468 g/mol. The van der Waals surface area contributed by atoms with Crippen LogP contribution >= 0.6 is 0 Å². The summed E-state index contributed by atoms with van der Waals surface area (Å²) in [5, 5.41) is 0. The van der Waals surface area contributed by atoms with Crippen LogP contribution in [0.1, 0.15) is 69.6 Å². The summed E-state index contributed by atoms with van der Waals surface area (Å²) in [6.45, 7) is 6.40. The Balaban J connectivity index is 1.46. The molecule has 1 saturated carbocycles. The van der Waals surface area contributed by atoms with E-state index in [1.165, 1.54) is 13.5 Å². The molecule has 0 N–H and O–H groups in total. The zero-order chi connectivity index (χ0) is 26.5. The van der Waals surface area contributed by atoms with Crippen molar-refractivity contribution in [2.45, 2.75) is 63.7 Å². The molecule has 0 atom stereocenters. The quantitative estimate of drug-likeness (QED) is 0.260. The third kappa shape index (κ3) is 6.31. The van der Waals surface area contributed by atoms with Gasteiger partial charge in [0.1, 0.15) is 17.2 Å². The first-order valence-electron chi connectivity index (χ1n) is 12.7. The Morgan fingerprint density at radius 2 is 1.03 bits per heavy atom. The molecule has 1 aliphatic rings. The minimum atomic E-state index is -0.773. The second kappa shape index (κ2) is 11.1. The number of carbonyl (C=O) groups excluding carboxylic acids is 2. The maximum Gasteiger partial charge on any atom is 0.519 e. The minimum absolute atomic E-state index is 0.0232. The average molecular weight is 503 g/mol. The molecule has 0 saturated heterocycles. The molecule has 1 aliphatic carbocycles. The van der Waals surface area contributed by atoms with Crippen LogP contribution in [0.3, 0.4) is 0 Å². The van der Waals surface area contributed by atoms with Crippen molar-refractivity contribution in [1.29, 1.82) is 0 Å². The van der Waals surface area contributed by atoms with Gasteiger partial charge in [-0.25, -0.2) is 9.59 Å². The molecule has 0 spiro atoms. The van der Waals surface area contributed by atoms with Crippen LogP contribution in [0, 0.1) is 0 Å². The summed E-state index contributed by atoms with van der Waals surface area (Å²) < 4.78 is 20.5. The summed E-state index contributed by atoms with van der Waals surface area (Å²) in [5.41, 5.74) is 3.35. The largest absolute Gasteiger partial charge is 0.519 e. The molecule has 3 aromatic rings. The molecular formula is C31H34O6. The van der Waals surface area contributed by atoms with Crippen LogP contribution in [0.2, 0.25) is 0 Å². The van der Waals surface area contributed by atoms with Crippen LogP contribution in [-0.4, -0.2) is 19.4 Å². The van der Waals surface area contributed by atoms with Gasteiger partial charge in [0, 0.05) is 5.41 Å². The van der Waals surface area contributed by atoms with Crippen molar-refractivity contribution in [1.82, 2.24) is 0 Å². The molecule has 0 aliphatic heterocycles. The molecule has 0 heterocycles. The zero-order valence-electron chi connectivity index (χ0n) is 21.9. The number of ether oxygens (including phenoxy) is 4. The number of hydrogen-bond donors (Lipinski definition) is 0. The molecule has 194 valence electrons. The fourth-order valence-corrected chi connectivity index (χ4v) is 4.96. The van der Waals surface area contributed by atoms with Gasteiger partial charge in [-0.15, -0.1) is 0 Å². The number of benzene rings is 3. The summed E-state index contributed by atoms with van der Waals surface area (Å²) in [7, 11) is 1.28. The minimum Gasteiger partial charge on any atom is -0.437 e. The first-order valence-corrected chi connectivity index (χ1v) is 12.7. The predicted octanol–water partition coefficient (Wildman–Crippen LogP) is 7.96. The lowest BCUT2D eigenvalue weighted by Gasteiger charge is -2.38. The fourth-order valence-electron chi connectivity index (χ4n) is 4.96. The van der Waals surface area contributed by atoms with E-state index in [0.29, 0.717) is 17.2 Å². The normalized spacial score (nSPS) is 14.9. The molecule has 0 radical (unpaired) electrons. The van der Waals surface area contributed by atoms with Crippen LogP contribution in [0.25, 0.3) is 0 Å². The van der Waals surface area contributed by atoms with Crippen LogP contribution in [0.15, 0.2) is 72.8 Å². The van der Waals surface area contributed by atoms with E-state index in [-0.39, 0.29) is 10.8 Å². The standard InChI is InChI=1S/C31H34O6/c1-30(2,3)22-8-14-26(15-9-22)36-29(33)37-27-18-12-24(13-19-27)31(20-6-5-7-21-31)23-10-16-25(17-11-23)35-28(32)34-4/h8-19H,5-7,20-21H2,1-4H3. The highest BCUT2D eigenvalue weighted by molar-refractivity contribution is 5.67. The van der Waals surface area contributed by atoms with Gasteiger partial charge >= 0.3 is 12.3 Å². The molecule has 4 rings (SSSR count). The predicted molar refractivity (Wildman–Crippen MR) is 142 cm³/mol. The van der Waals surface area contributed by atoms with Gasteiger partial charge in [0.15, 0.2) is 0 Å². The summed E-state index contributed by atoms with van der Waals surface area (Å²) in [4.78, 5) is 23.8. The molecule has 6 heteroatoms. The van der Waals surface area contributed by atoms with Crippen molar-refractivity contribution in [3.05, 3.63) is 89.5 Å². The zero-order valence-corrected chi connectivity index (χ0v) is 21.9. The van der Waals surface area contributed by atoms with Gasteiger partial charge in [-0.2, -0.15) is 0 Å². The maximum atomic E-state index is 12.4. The fraction of sp³-hybridized carbons (Fsp3) is 0.355. The van der Waals surface area contributed by atoms with Crippen LogP contribution in [0.5, 0.6) is 17.2 Å². The number of carbonyl (C=O) groups is 2. The number of hydrogen-bond acceptors (Lipinski definition) is 6. The third-order valence-corrected chi connectivity index (χ3v) is 7.01. The van der Waals surface area contributed by atoms with E-state index in [0.717, 1.165) is 42.4 Å². The van der Waals surface area contributed by atoms with Gasteiger partial charge in [0.2, 0.25) is 0 Å². The van der Waals surface area contributed by atoms with Crippen LogP contribution < -0.4 is 14.2 Å². The molecule has 0 amide bonds. The van der Waals surface area contributed by atoms with E-state index in [1.807, 2.05) is 48.5 Å². The Morgan fingerprint density at radius 3 is 1.43 bits per heavy atom. The number of methoxy groups -OCH3 is 1. The summed E-state index contributed by atoms with van der Waals surface area (Å²) >= 11 is 0. The van der Waals surface area contributed by atoms with Gasteiger partial charge in [-0.1, -0.05) is 76.4 Å². The lowest BCUT2D eigenvalue weighted by atomic mass is 9.65. The second-order valence-corrected chi connectivity index (χ2v) is 10.5. The van der Waals surface area contributed by atoms with Crippen molar-refractivity contribution in [3.63, 3.8) is 0 Å². The van der Waals surface area contributed by atoms with Gasteiger partial charge in [-0.3, -0.25) is 0 Å². The average Bonchev–Trinajstić information content (AvgIpc) is 2.89. The molecule has 6 nitrogen and oxygen atoms in total. The van der Waals surface area contributed by atoms with Gasteiger partial charge in [0.05, 0.1) is 7.11 Å². The summed E-state index contributed by atoms with van der Waals surface area (Å²) in [5.74, 6) is 1.31. The maximum absolute atomic E-state index is 12.4. The lowest BCUT2D eigenvalue weighted by molar-refractivity contribution is 0.121. The van der Waals surface area contributed by atoms with Crippen molar-refractivity contribution in [3.8, 4) is 17.2 Å². The van der Waals surface area contributed by atoms with Crippen molar-refractivity contribution in [2.24, 2.45) is 0 Å². The molecule has 0 aromatic heterocycles. The highest BCUT2D eigenvalue weighted by Gasteiger charge is 2.35. The van der Waals surface area contributed by atoms with Crippen molar-refractivity contribution < 1.29 is 28.5 Å². The third-order valence-electron chi connectivity index (χ3n) is 7.01. The lowest BCUT2D eigenvalue weighted by Crippen LogP contribution is -2.30. The van der Waals surface area contributed by atoms with E-state index in [4.69, 9.17) is 14.2 Å². The Labute approximate surface area is 218 Å². The Morgan fingerprint density at radius 1 is 0.622 bits per heavy atom. The van der Waals surface area contributed by atoms with Crippen LogP contribution in [0.4, 0.5) is 9.59 Å². The molecule has 0 unspecified atom stereocenters. The number of rotatable bonds is 5. The first-order chi connectivity index (χ1) is 17.7. The van der Waals surface area contributed by atoms with Crippen LogP contribution in [-0.2, 0) is 15.6 Å². The van der Waals surface area contributed by atoms with Gasteiger partial charge < -0.3 is 18.9 Å². The molecule has 3 aromatic carbocycles. The SMILES string of the molecule is COC(=O)Oc1ccc(C2(c3ccc(OC(=O)Oc4ccc(C(C)(C)C)cc4)cc3)CCCCC2)cc1. The highest BCUT2D eigenvalue weighted by Crippen LogP contribution is 2.45. The molecule has 0 bridgehead atoms. The second-order valence-electron chi connectivity index (χ2n) is 10.5.